The molecule has 2 aromatic carbocycles. The number of rotatable bonds is 6. The molecule has 2 saturated heterocycles. The number of hydrogen-bond acceptors (Lipinski definition) is 7. The predicted octanol–water partition coefficient (Wildman–Crippen LogP) is 2.41. The van der Waals surface area contributed by atoms with Gasteiger partial charge in [0.25, 0.3) is 21.6 Å². The fourth-order valence-electron chi connectivity index (χ4n) is 4.81. The van der Waals surface area contributed by atoms with Gasteiger partial charge in [0.15, 0.2) is 0 Å². The lowest BCUT2D eigenvalue weighted by Gasteiger charge is -2.23. The van der Waals surface area contributed by atoms with Gasteiger partial charge >= 0.3 is 6.03 Å². The third-order valence-corrected chi connectivity index (χ3v) is 6.74. The second-order valence-electron chi connectivity index (χ2n) is 9.61. The lowest BCUT2D eigenvalue weighted by Crippen LogP contribution is -2.39. The van der Waals surface area contributed by atoms with Crippen molar-refractivity contribution >= 4 is 38.5 Å². The quantitative estimate of drug-likeness (QED) is 0.346. The summed E-state index contributed by atoms with van der Waals surface area (Å²) in [5, 5.41) is 7.89. The van der Waals surface area contributed by atoms with Gasteiger partial charge in [0, 0.05) is 24.9 Å². The van der Waals surface area contributed by atoms with Crippen LogP contribution in [-0.2, 0) is 21.3 Å². The number of halogens is 1. The van der Waals surface area contributed by atoms with Crippen LogP contribution in [0.3, 0.4) is 0 Å². The maximum atomic E-state index is 14.9. The molecule has 3 aromatic rings. The number of fused-ring (bicyclic) bond motifs is 1. The molecule has 1 aromatic heterocycles. The second kappa shape index (κ2) is 11.6. The molecule has 3 heterocycles. The fourth-order valence-corrected chi connectivity index (χ4v) is 4.81. The molecule has 3 amide bonds. The summed E-state index contributed by atoms with van der Waals surface area (Å²) in [6.45, 7) is 4.81. The molecule has 1 unspecified atom stereocenters. The number of imide groups is 1. The van der Waals surface area contributed by atoms with Crippen LogP contribution >= 0.6 is 0 Å². The van der Waals surface area contributed by atoms with Gasteiger partial charge in [-0.1, -0.05) is 24.3 Å². The monoisotopic (exact) mass is 559 g/mol. The van der Waals surface area contributed by atoms with Gasteiger partial charge < -0.3 is 9.80 Å². The van der Waals surface area contributed by atoms with Gasteiger partial charge in [0.05, 0.1) is 23.0 Å². The van der Waals surface area contributed by atoms with Crippen LogP contribution in [0.2, 0.25) is 0 Å². The highest BCUT2D eigenvalue weighted by molar-refractivity contribution is 7.85. The smallest absolute Gasteiger partial charge is 0.311 e. The molecule has 0 aliphatic carbocycles. The van der Waals surface area contributed by atoms with E-state index in [1.807, 2.05) is 12.1 Å². The molecule has 2 aliphatic rings. The normalized spacial score (nSPS) is 18.1. The van der Waals surface area contributed by atoms with Crippen LogP contribution < -0.4 is 10.5 Å². The molecule has 208 valence electrons. The molecule has 5 rings (SSSR count). The Bertz CT molecular complexity index is 1550. The Kier molecular flexibility index (Phi) is 8.42. The van der Waals surface area contributed by atoms with E-state index in [1.54, 1.807) is 25.1 Å². The maximum absolute atomic E-state index is 14.9. The molecule has 2 aliphatic heterocycles. The number of carbonyl (C=O) groups is 2. The van der Waals surface area contributed by atoms with Crippen molar-refractivity contribution in [3.63, 3.8) is 0 Å². The Morgan fingerprint density at radius 2 is 1.69 bits per heavy atom. The number of hydrogen-bond donors (Lipinski definition) is 2. The Hall–Kier alpha value is -3.68. The van der Waals surface area contributed by atoms with Gasteiger partial charge in [-0.3, -0.25) is 14.1 Å². The van der Waals surface area contributed by atoms with Crippen molar-refractivity contribution in [3.8, 4) is 0 Å². The zero-order chi connectivity index (χ0) is 28.3. The highest BCUT2D eigenvalue weighted by atomic mass is 32.2. The summed E-state index contributed by atoms with van der Waals surface area (Å²) < 4.78 is 40.7. The van der Waals surface area contributed by atoms with Crippen molar-refractivity contribution < 1.29 is 27.0 Å². The minimum absolute atomic E-state index is 0.0586. The Morgan fingerprint density at radius 3 is 2.36 bits per heavy atom. The summed E-state index contributed by atoms with van der Waals surface area (Å²) in [6.07, 6.45) is 3.31. The molecular formula is C26H30FN5O6S. The van der Waals surface area contributed by atoms with E-state index in [4.69, 9.17) is 4.55 Å². The number of aromatic nitrogens is 2. The van der Waals surface area contributed by atoms with Crippen LogP contribution in [0.4, 0.5) is 14.9 Å². The summed E-state index contributed by atoms with van der Waals surface area (Å²) in [6, 6.07) is 10.4. The Balaban J connectivity index is 0.000000648. The topological polar surface area (TPSA) is 144 Å². The minimum atomic E-state index is -3.67. The highest BCUT2D eigenvalue weighted by Gasteiger charge is 2.44. The summed E-state index contributed by atoms with van der Waals surface area (Å²) >= 11 is 0. The van der Waals surface area contributed by atoms with Crippen molar-refractivity contribution in [1.29, 1.82) is 0 Å². The van der Waals surface area contributed by atoms with Gasteiger partial charge in [-0.15, -0.1) is 0 Å². The third-order valence-electron chi connectivity index (χ3n) is 6.74. The molecule has 0 saturated carbocycles. The van der Waals surface area contributed by atoms with E-state index < -0.39 is 33.9 Å². The van der Waals surface area contributed by atoms with Gasteiger partial charge in [-0.25, -0.2) is 19.2 Å². The minimum Gasteiger partial charge on any atom is -0.311 e. The molecule has 11 nitrogen and oxygen atoms in total. The molecule has 1 atom stereocenters. The summed E-state index contributed by atoms with van der Waals surface area (Å²) in [5.41, 5.74) is 0.949. The number of urea groups is 1. The van der Waals surface area contributed by atoms with Gasteiger partial charge in [-0.2, -0.15) is 13.5 Å². The lowest BCUT2D eigenvalue weighted by molar-refractivity contribution is -0.119. The number of aromatic amines is 1. The average molecular weight is 560 g/mol. The van der Waals surface area contributed by atoms with E-state index >= 15 is 0 Å². The number of carbonyl (C=O) groups excluding carboxylic acids is 2. The third kappa shape index (κ3) is 6.67. The van der Waals surface area contributed by atoms with Crippen LogP contribution in [-0.4, -0.2) is 83.4 Å². The number of benzene rings is 2. The fraction of sp³-hybridized carbons (Fsp3) is 0.385. The number of likely N-dealkylation sites (tertiary alicyclic amines) is 1. The average Bonchev–Trinajstić information content (AvgIpc) is 3.47. The summed E-state index contributed by atoms with van der Waals surface area (Å²) in [4.78, 5) is 43.0. The van der Waals surface area contributed by atoms with Gasteiger partial charge in [0.2, 0.25) is 0 Å². The molecule has 0 radical (unpaired) electrons. The first-order valence-electron chi connectivity index (χ1n) is 12.5. The highest BCUT2D eigenvalue weighted by Crippen LogP contribution is 2.29. The predicted molar refractivity (Wildman–Crippen MR) is 144 cm³/mol. The van der Waals surface area contributed by atoms with Crippen LogP contribution in [0.1, 0.15) is 31.0 Å². The molecule has 2 fully saturated rings. The zero-order valence-corrected chi connectivity index (χ0v) is 22.4. The first-order valence-corrected chi connectivity index (χ1v) is 14.3. The Labute approximate surface area is 225 Å². The van der Waals surface area contributed by atoms with Crippen LogP contribution in [0, 0.1) is 5.82 Å². The largest absolute Gasteiger partial charge is 0.332 e. The molecule has 13 heteroatoms. The number of anilines is 1. The summed E-state index contributed by atoms with van der Waals surface area (Å²) in [5.74, 6) is -1.08. The maximum Gasteiger partial charge on any atom is 0.332 e. The second-order valence-corrected chi connectivity index (χ2v) is 11.1. The van der Waals surface area contributed by atoms with Crippen LogP contribution in [0.15, 0.2) is 47.3 Å². The van der Waals surface area contributed by atoms with Crippen LogP contribution in [0.25, 0.3) is 10.8 Å². The molecule has 0 bridgehead atoms. The van der Waals surface area contributed by atoms with Crippen molar-refractivity contribution in [1.82, 2.24) is 20.0 Å². The van der Waals surface area contributed by atoms with Crippen molar-refractivity contribution in [2.24, 2.45) is 0 Å². The van der Waals surface area contributed by atoms with E-state index in [2.05, 4.69) is 15.1 Å². The van der Waals surface area contributed by atoms with E-state index in [1.165, 1.54) is 17.0 Å². The van der Waals surface area contributed by atoms with E-state index in [-0.39, 0.29) is 11.2 Å². The number of H-pyrrole nitrogens is 1. The van der Waals surface area contributed by atoms with E-state index in [0.29, 0.717) is 47.8 Å². The number of amides is 3. The first-order chi connectivity index (χ1) is 18.4. The van der Waals surface area contributed by atoms with Gasteiger partial charge in [-0.05, 0) is 56.6 Å². The zero-order valence-electron chi connectivity index (χ0n) is 21.6. The number of nitrogens with one attached hydrogen (secondary N) is 1. The molecule has 0 spiro atoms. The number of nitrogens with zero attached hydrogens (tertiary/aromatic N) is 4. The van der Waals surface area contributed by atoms with E-state index in [9.17, 15) is 27.2 Å². The summed E-state index contributed by atoms with van der Waals surface area (Å²) in [7, 11) is -3.67. The lowest BCUT2D eigenvalue weighted by atomic mass is 10.0. The van der Waals surface area contributed by atoms with Crippen molar-refractivity contribution in [3.05, 3.63) is 69.9 Å². The Morgan fingerprint density at radius 1 is 1.05 bits per heavy atom. The SMILES string of the molecule is CC1C(=O)N(c2cc(Cc3n[nH]c(=O)c4ccccc34)ccc2F)C(=O)N1CCN1CCCC1.CS(=O)(=O)O. The van der Waals surface area contributed by atoms with E-state index in [0.717, 1.165) is 30.8 Å². The van der Waals surface area contributed by atoms with Crippen molar-refractivity contribution in [2.45, 2.75) is 32.2 Å². The van der Waals surface area contributed by atoms with Crippen LogP contribution in [0.5, 0.6) is 0 Å². The molecule has 39 heavy (non-hydrogen) atoms. The van der Waals surface area contributed by atoms with Gasteiger partial charge in [0.1, 0.15) is 11.9 Å². The van der Waals surface area contributed by atoms with Crippen molar-refractivity contribution in [2.75, 3.05) is 37.3 Å². The molecular weight excluding hydrogens is 529 g/mol. The molecule has 2 N–H and O–H groups in total. The standard InChI is InChI=1S/C25H26FN5O3.CH4O3S/c1-16-24(33)31(25(34)30(16)13-12-29-10-4-5-11-29)22-15-17(8-9-20(22)26)14-21-18-6-2-3-7-19(18)23(32)28-27-21;1-5(2,3)4/h2-3,6-9,15-16H,4-5,10-14H2,1H3,(H,28,32);1H3,(H,2,3,4). The first kappa shape index (κ1) is 28.3.